The van der Waals surface area contributed by atoms with Crippen LogP contribution in [0.4, 0.5) is 0 Å². The van der Waals surface area contributed by atoms with E-state index in [1.54, 1.807) is 12.3 Å². The Balaban J connectivity index is 2.11. The molecule has 1 aliphatic rings. The van der Waals surface area contributed by atoms with Crippen molar-refractivity contribution in [1.29, 1.82) is 0 Å². The number of rotatable bonds is 3. The number of hydrogen-bond donors (Lipinski definition) is 2. The first-order valence-corrected chi connectivity index (χ1v) is 7.80. The predicted octanol–water partition coefficient (Wildman–Crippen LogP) is 3.11. The molecule has 0 radical (unpaired) electrons. The fourth-order valence-corrected chi connectivity index (χ4v) is 3.02. The second-order valence-electron chi connectivity index (χ2n) is 5.93. The highest BCUT2D eigenvalue weighted by atomic mass is 35.5. The van der Waals surface area contributed by atoms with Crippen LogP contribution in [0.25, 0.3) is 0 Å². The largest absolute Gasteiger partial charge is 0.346 e. The summed E-state index contributed by atoms with van der Waals surface area (Å²) in [7, 11) is 0. The molecule has 0 aliphatic heterocycles. The minimum Gasteiger partial charge on any atom is -0.346 e. The molecule has 0 bridgehead atoms. The summed E-state index contributed by atoms with van der Waals surface area (Å²) < 4.78 is 1.90. The van der Waals surface area contributed by atoms with Gasteiger partial charge in [-0.15, -0.1) is 0 Å². The van der Waals surface area contributed by atoms with E-state index in [0.717, 1.165) is 25.7 Å². The first kappa shape index (κ1) is 15.4. The molecule has 2 rings (SSSR count). The Morgan fingerprint density at radius 2 is 2.10 bits per heavy atom. The lowest BCUT2D eigenvalue weighted by molar-refractivity contribution is 0.0918. The maximum Gasteiger partial charge on any atom is 0.268 e. The molecule has 1 saturated carbocycles. The molecule has 112 valence electrons. The molecule has 1 aromatic rings. The summed E-state index contributed by atoms with van der Waals surface area (Å²) in [5.74, 6) is -0.0760. The summed E-state index contributed by atoms with van der Waals surface area (Å²) in [6.45, 7) is 4.06. The van der Waals surface area contributed by atoms with Gasteiger partial charge in [-0.05, 0) is 32.8 Å². The fourth-order valence-electron chi connectivity index (χ4n) is 2.81. The van der Waals surface area contributed by atoms with Crippen LogP contribution >= 0.6 is 11.6 Å². The van der Waals surface area contributed by atoms with Crippen molar-refractivity contribution in [2.24, 2.45) is 5.73 Å². The summed E-state index contributed by atoms with van der Waals surface area (Å²) in [5, 5.41) is 3.68. The standard InChI is InChI=1S/C15H24ClN3O/c1-10(2)19-9-11(16)8-14(19)15(20)18-13-7-5-3-4-6-12(13)17/h8-10,12-13H,3-7,17H2,1-2H3,(H,18,20). The summed E-state index contributed by atoms with van der Waals surface area (Å²) in [4.78, 5) is 12.5. The van der Waals surface area contributed by atoms with Crippen molar-refractivity contribution in [3.05, 3.63) is 23.0 Å². The number of nitrogens with two attached hydrogens (primary N) is 1. The number of halogens is 1. The molecule has 0 spiro atoms. The van der Waals surface area contributed by atoms with E-state index in [1.165, 1.54) is 6.42 Å². The number of nitrogens with zero attached hydrogens (tertiary/aromatic N) is 1. The quantitative estimate of drug-likeness (QED) is 0.842. The number of hydrogen-bond acceptors (Lipinski definition) is 2. The smallest absolute Gasteiger partial charge is 0.268 e. The van der Waals surface area contributed by atoms with E-state index < -0.39 is 0 Å². The molecule has 1 heterocycles. The first-order valence-electron chi connectivity index (χ1n) is 7.43. The Morgan fingerprint density at radius 3 is 2.80 bits per heavy atom. The van der Waals surface area contributed by atoms with Crippen LogP contribution in [0.2, 0.25) is 5.02 Å². The topological polar surface area (TPSA) is 60.0 Å². The summed E-state index contributed by atoms with van der Waals surface area (Å²) >= 11 is 6.03. The van der Waals surface area contributed by atoms with Gasteiger partial charge >= 0.3 is 0 Å². The van der Waals surface area contributed by atoms with Crippen molar-refractivity contribution >= 4 is 17.5 Å². The van der Waals surface area contributed by atoms with Crippen molar-refractivity contribution in [2.45, 2.75) is 64.1 Å². The van der Waals surface area contributed by atoms with Crippen LogP contribution in [0.15, 0.2) is 12.3 Å². The average Bonchev–Trinajstić information content (AvgIpc) is 2.68. The molecule has 0 saturated heterocycles. The third kappa shape index (κ3) is 3.55. The van der Waals surface area contributed by atoms with Crippen LogP contribution < -0.4 is 11.1 Å². The van der Waals surface area contributed by atoms with Gasteiger partial charge in [0.05, 0.1) is 5.02 Å². The second kappa shape index (κ2) is 6.64. The molecule has 2 unspecified atom stereocenters. The van der Waals surface area contributed by atoms with Crippen LogP contribution in [-0.4, -0.2) is 22.6 Å². The Kier molecular flexibility index (Phi) is 5.11. The Hall–Kier alpha value is -1.00. The van der Waals surface area contributed by atoms with Gasteiger partial charge in [0.2, 0.25) is 0 Å². The number of carbonyl (C=O) groups excluding carboxylic acids is 1. The summed E-state index contributed by atoms with van der Waals surface area (Å²) in [5.41, 5.74) is 6.77. The Bertz CT molecular complexity index is 470. The second-order valence-corrected chi connectivity index (χ2v) is 6.36. The molecule has 5 heteroatoms. The van der Waals surface area contributed by atoms with Crippen molar-refractivity contribution in [1.82, 2.24) is 9.88 Å². The van der Waals surface area contributed by atoms with Crippen LogP contribution in [0.1, 0.15) is 62.5 Å². The van der Waals surface area contributed by atoms with E-state index >= 15 is 0 Å². The maximum atomic E-state index is 12.5. The number of carbonyl (C=O) groups is 1. The van der Waals surface area contributed by atoms with Gasteiger partial charge in [-0.2, -0.15) is 0 Å². The van der Waals surface area contributed by atoms with E-state index in [4.69, 9.17) is 17.3 Å². The van der Waals surface area contributed by atoms with Gasteiger partial charge in [-0.3, -0.25) is 4.79 Å². The van der Waals surface area contributed by atoms with Gasteiger partial charge in [0.15, 0.2) is 0 Å². The lowest BCUT2D eigenvalue weighted by Crippen LogP contribution is -2.47. The zero-order valence-electron chi connectivity index (χ0n) is 12.2. The SMILES string of the molecule is CC(C)n1cc(Cl)cc1C(=O)NC1CCCCCC1N. The molecule has 0 aromatic carbocycles. The normalized spacial score (nSPS) is 23.6. The van der Waals surface area contributed by atoms with Gasteiger partial charge in [0.25, 0.3) is 5.91 Å². The molecular weight excluding hydrogens is 274 g/mol. The zero-order chi connectivity index (χ0) is 14.7. The van der Waals surface area contributed by atoms with E-state index in [9.17, 15) is 4.79 Å². The van der Waals surface area contributed by atoms with Gasteiger partial charge in [-0.1, -0.05) is 30.9 Å². The van der Waals surface area contributed by atoms with E-state index in [0.29, 0.717) is 10.7 Å². The molecule has 1 aromatic heterocycles. The highest BCUT2D eigenvalue weighted by Gasteiger charge is 2.24. The number of amides is 1. The Labute approximate surface area is 125 Å². The predicted molar refractivity (Wildman–Crippen MR) is 82.1 cm³/mol. The summed E-state index contributed by atoms with van der Waals surface area (Å²) in [6.07, 6.45) is 7.23. The highest BCUT2D eigenvalue weighted by molar-refractivity contribution is 6.31. The monoisotopic (exact) mass is 297 g/mol. The third-order valence-corrected chi connectivity index (χ3v) is 4.20. The molecule has 1 amide bonds. The minimum atomic E-state index is -0.0760. The van der Waals surface area contributed by atoms with Crippen LogP contribution in [0.5, 0.6) is 0 Å². The third-order valence-electron chi connectivity index (χ3n) is 3.99. The van der Waals surface area contributed by atoms with Gasteiger partial charge in [0.1, 0.15) is 5.69 Å². The minimum absolute atomic E-state index is 0.0550. The van der Waals surface area contributed by atoms with E-state index in [-0.39, 0.29) is 24.0 Å². The maximum absolute atomic E-state index is 12.5. The number of aromatic nitrogens is 1. The Morgan fingerprint density at radius 1 is 1.40 bits per heavy atom. The molecule has 2 atom stereocenters. The van der Waals surface area contributed by atoms with Crippen molar-refractivity contribution < 1.29 is 4.79 Å². The summed E-state index contributed by atoms with van der Waals surface area (Å²) in [6, 6.07) is 2.05. The average molecular weight is 298 g/mol. The molecule has 20 heavy (non-hydrogen) atoms. The van der Waals surface area contributed by atoms with Crippen LogP contribution in [0, 0.1) is 0 Å². The fraction of sp³-hybridized carbons (Fsp3) is 0.667. The van der Waals surface area contributed by atoms with Crippen LogP contribution in [-0.2, 0) is 0 Å². The van der Waals surface area contributed by atoms with Gasteiger partial charge < -0.3 is 15.6 Å². The lowest BCUT2D eigenvalue weighted by atomic mass is 10.0. The van der Waals surface area contributed by atoms with E-state index in [2.05, 4.69) is 5.32 Å². The lowest BCUT2D eigenvalue weighted by Gasteiger charge is -2.23. The number of nitrogens with one attached hydrogen (secondary N) is 1. The van der Waals surface area contributed by atoms with Crippen molar-refractivity contribution in [3.63, 3.8) is 0 Å². The molecular formula is C15H24ClN3O. The molecule has 1 fully saturated rings. The molecule has 1 aliphatic carbocycles. The molecule has 3 N–H and O–H groups in total. The van der Waals surface area contributed by atoms with Crippen molar-refractivity contribution in [3.8, 4) is 0 Å². The zero-order valence-corrected chi connectivity index (χ0v) is 13.0. The van der Waals surface area contributed by atoms with Crippen LogP contribution in [0.3, 0.4) is 0 Å². The van der Waals surface area contributed by atoms with E-state index in [1.807, 2.05) is 18.4 Å². The van der Waals surface area contributed by atoms with Crippen molar-refractivity contribution in [2.75, 3.05) is 0 Å². The van der Waals surface area contributed by atoms with Gasteiger partial charge in [0, 0.05) is 24.3 Å². The first-order chi connectivity index (χ1) is 9.49. The van der Waals surface area contributed by atoms with Gasteiger partial charge in [-0.25, -0.2) is 0 Å². The highest BCUT2D eigenvalue weighted by Crippen LogP contribution is 2.21. The molecule has 4 nitrogen and oxygen atoms in total.